The van der Waals surface area contributed by atoms with Gasteiger partial charge in [0.15, 0.2) is 0 Å². The van der Waals surface area contributed by atoms with Gasteiger partial charge in [0.05, 0.1) is 25.0 Å². The average Bonchev–Trinajstić information content (AvgIpc) is 3.34. The van der Waals surface area contributed by atoms with E-state index in [2.05, 4.69) is 49.2 Å². The molecule has 0 unspecified atom stereocenters. The molecule has 2 saturated carbocycles. The number of aromatic amines is 1. The number of fused-ring (bicyclic) bond motifs is 1. The Morgan fingerprint density at radius 1 is 1.30 bits per heavy atom. The lowest BCUT2D eigenvalue weighted by atomic mass is 9.60. The zero-order valence-corrected chi connectivity index (χ0v) is 18.8. The molecule has 1 aromatic carbocycles. The van der Waals surface area contributed by atoms with E-state index in [1.54, 1.807) is 7.11 Å². The van der Waals surface area contributed by atoms with Gasteiger partial charge in [0.2, 0.25) is 0 Å². The van der Waals surface area contributed by atoms with E-state index in [4.69, 9.17) is 9.47 Å². The first-order valence-corrected chi connectivity index (χ1v) is 11.2. The molecule has 2 heterocycles. The number of methoxy groups -OCH3 is 1. The van der Waals surface area contributed by atoms with Crippen LogP contribution in [0.25, 0.3) is 0 Å². The maximum Gasteiger partial charge on any atom is 0.122 e. The topological polar surface area (TPSA) is 67.4 Å². The summed E-state index contributed by atoms with van der Waals surface area (Å²) in [6.07, 6.45) is 3.86. The van der Waals surface area contributed by atoms with Crippen LogP contribution < -0.4 is 4.74 Å². The predicted octanol–water partition coefficient (Wildman–Crippen LogP) is 4.50. The van der Waals surface area contributed by atoms with Gasteiger partial charge in [-0.3, -0.25) is 5.10 Å². The van der Waals surface area contributed by atoms with Crippen molar-refractivity contribution >= 4 is 0 Å². The maximum atomic E-state index is 11.3. The van der Waals surface area contributed by atoms with Crippen LogP contribution in [0, 0.1) is 36.5 Å². The number of rotatable bonds is 4. The molecule has 2 N–H and O–H groups in total. The summed E-state index contributed by atoms with van der Waals surface area (Å²) in [4.78, 5) is 0. The van der Waals surface area contributed by atoms with Gasteiger partial charge in [-0.05, 0) is 73.6 Å². The summed E-state index contributed by atoms with van der Waals surface area (Å²) in [7, 11) is 1.73. The Morgan fingerprint density at radius 3 is 2.77 bits per heavy atom. The summed E-state index contributed by atoms with van der Waals surface area (Å²) in [5.41, 5.74) is 5.76. The van der Waals surface area contributed by atoms with E-state index in [-0.39, 0.29) is 23.0 Å². The van der Waals surface area contributed by atoms with Crippen LogP contribution in [0.5, 0.6) is 5.75 Å². The third-order valence-corrected chi connectivity index (χ3v) is 8.72. The van der Waals surface area contributed by atoms with Crippen molar-refractivity contribution in [3.05, 3.63) is 46.3 Å². The molecule has 30 heavy (non-hydrogen) atoms. The van der Waals surface area contributed by atoms with Gasteiger partial charge in [-0.25, -0.2) is 0 Å². The highest BCUT2D eigenvalue weighted by Gasteiger charge is 2.68. The number of hydrogen-bond donors (Lipinski definition) is 2. The molecule has 3 aliphatic rings. The maximum absolute atomic E-state index is 11.3. The van der Waals surface area contributed by atoms with Gasteiger partial charge in [-0.1, -0.05) is 19.9 Å². The number of nitrogens with zero attached hydrogens (tertiary/aromatic N) is 1. The fourth-order valence-corrected chi connectivity index (χ4v) is 6.89. The molecule has 2 aliphatic carbocycles. The van der Waals surface area contributed by atoms with Gasteiger partial charge in [-0.2, -0.15) is 5.10 Å². The summed E-state index contributed by atoms with van der Waals surface area (Å²) >= 11 is 0. The van der Waals surface area contributed by atoms with E-state index in [0.717, 1.165) is 55.0 Å². The van der Waals surface area contributed by atoms with E-state index < -0.39 is 0 Å². The molecule has 1 aliphatic heterocycles. The highest BCUT2D eigenvalue weighted by Crippen LogP contribution is 2.70. The monoisotopic (exact) mass is 410 g/mol. The zero-order valence-electron chi connectivity index (χ0n) is 18.8. The van der Waals surface area contributed by atoms with Crippen LogP contribution in [0.1, 0.15) is 67.3 Å². The normalized spacial score (nSPS) is 34.2. The van der Waals surface area contributed by atoms with Crippen LogP contribution in [0.15, 0.2) is 18.2 Å². The molecule has 1 saturated heterocycles. The summed E-state index contributed by atoms with van der Waals surface area (Å²) < 4.78 is 12.1. The van der Waals surface area contributed by atoms with Crippen molar-refractivity contribution < 1.29 is 14.6 Å². The largest absolute Gasteiger partial charge is 0.496 e. The van der Waals surface area contributed by atoms with Gasteiger partial charge in [-0.15, -0.1) is 0 Å². The Hall–Kier alpha value is -1.85. The van der Waals surface area contributed by atoms with Gasteiger partial charge in [0.25, 0.3) is 0 Å². The second kappa shape index (κ2) is 6.83. The summed E-state index contributed by atoms with van der Waals surface area (Å²) in [6, 6.07) is 6.50. The fourth-order valence-electron chi connectivity index (χ4n) is 6.89. The molecule has 2 bridgehead atoms. The first kappa shape index (κ1) is 20.1. The Balaban J connectivity index is 1.49. The molecule has 3 fully saturated rings. The highest BCUT2D eigenvalue weighted by molar-refractivity contribution is 5.43. The molecule has 1 aromatic heterocycles. The number of H-pyrrole nitrogens is 1. The van der Waals surface area contributed by atoms with Gasteiger partial charge in [0, 0.05) is 29.7 Å². The number of aliphatic hydroxyl groups is 1. The Bertz CT molecular complexity index is 946. The number of ether oxygens (including phenoxy) is 2. The smallest absolute Gasteiger partial charge is 0.122 e. The summed E-state index contributed by atoms with van der Waals surface area (Å²) in [5, 5.41) is 18.7. The number of hydrogen-bond acceptors (Lipinski definition) is 4. The molecule has 0 amide bonds. The number of aromatic nitrogens is 2. The molecular formula is C25H34N2O3. The van der Waals surface area contributed by atoms with Crippen molar-refractivity contribution in [3.63, 3.8) is 0 Å². The minimum absolute atomic E-state index is 0.00884. The Morgan fingerprint density at radius 2 is 2.10 bits per heavy atom. The van der Waals surface area contributed by atoms with Crippen LogP contribution in [0.2, 0.25) is 0 Å². The molecule has 2 aromatic rings. The van der Waals surface area contributed by atoms with Gasteiger partial charge >= 0.3 is 0 Å². The molecule has 0 radical (unpaired) electrons. The molecule has 162 valence electrons. The number of benzene rings is 1. The third kappa shape index (κ3) is 2.71. The van der Waals surface area contributed by atoms with Crippen LogP contribution in [0.3, 0.4) is 0 Å². The standard InChI is InChI=1S/C25H34N2O3/c1-14-19(15(2)27-26-14)11-17-10-16(6-7-21(17)29-5)22-20-12-18-13-25(20,8-9-30-22)23(28)24(18,3)4/h6-7,10,18,20,22-23,28H,8-9,11-13H2,1-5H3,(H,26,27)/t18-,20-,22-,23-,25-/m1/s1. The van der Waals surface area contributed by atoms with Crippen LogP contribution in [0.4, 0.5) is 0 Å². The number of nitrogens with one attached hydrogen (secondary N) is 1. The minimum Gasteiger partial charge on any atom is -0.496 e. The van der Waals surface area contributed by atoms with Crippen molar-refractivity contribution in [1.29, 1.82) is 0 Å². The van der Waals surface area contributed by atoms with Gasteiger partial charge < -0.3 is 14.6 Å². The SMILES string of the molecule is COc1ccc([C@H]2OCC[C@@]34C[C@@H](C[C@H]23)C(C)(C)[C@H]4O)cc1Cc1c(C)n[nH]c1C. The summed E-state index contributed by atoms with van der Waals surface area (Å²) in [5.74, 6) is 1.87. The third-order valence-electron chi connectivity index (χ3n) is 8.72. The van der Waals surface area contributed by atoms with E-state index in [9.17, 15) is 5.11 Å². The second-order valence-corrected chi connectivity index (χ2v) is 10.4. The number of aliphatic hydroxyl groups excluding tert-OH is 1. The van der Waals surface area contributed by atoms with Crippen molar-refractivity contribution in [2.24, 2.45) is 22.7 Å². The zero-order chi connectivity index (χ0) is 21.3. The molecule has 5 rings (SSSR count). The van der Waals surface area contributed by atoms with Crippen molar-refractivity contribution in [1.82, 2.24) is 10.2 Å². The minimum atomic E-state index is -0.242. The lowest BCUT2D eigenvalue weighted by Crippen LogP contribution is -2.51. The predicted molar refractivity (Wildman–Crippen MR) is 116 cm³/mol. The second-order valence-electron chi connectivity index (χ2n) is 10.4. The van der Waals surface area contributed by atoms with Crippen molar-refractivity contribution in [2.75, 3.05) is 13.7 Å². The summed E-state index contributed by atoms with van der Waals surface area (Å²) in [6.45, 7) is 9.33. The van der Waals surface area contributed by atoms with E-state index in [1.807, 2.05) is 6.92 Å². The van der Waals surface area contributed by atoms with E-state index in [1.165, 1.54) is 11.1 Å². The van der Waals surface area contributed by atoms with Crippen LogP contribution >= 0.6 is 0 Å². The first-order valence-electron chi connectivity index (χ1n) is 11.2. The molecular weight excluding hydrogens is 376 g/mol. The first-order chi connectivity index (χ1) is 14.3. The molecule has 5 nitrogen and oxygen atoms in total. The fraction of sp³-hybridized carbons (Fsp3) is 0.640. The Kier molecular flexibility index (Phi) is 4.57. The lowest BCUT2D eigenvalue weighted by molar-refractivity contribution is -0.164. The van der Waals surface area contributed by atoms with E-state index in [0.29, 0.717) is 11.8 Å². The van der Waals surface area contributed by atoms with Crippen molar-refractivity contribution in [3.8, 4) is 5.75 Å². The average molecular weight is 411 g/mol. The molecule has 1 spiro atoms. The molecule has 5 heteroatoms. The Labute approximate surface area is 179 Å². The van der Waals surface area contributed by atoms with Crippen LogP contribution in [-0.2, 0) is 11.2 Å². The highest BCUT2D eigenvalue weighted by atomic mass is 16.5. The van der Waals surface area contributed by atoms with E-state index >= 15 is 0 Å². The number of aryl methyl sites for hydroxylation is 2. The van der Waals surface area contributed by atoms with Gasteiger partial charge in [0.1, 0.15) is 5.75 Å². The quantitative estimate of drug-likeness (QED) is 0.779. The van der Waals surface area contributed by atoms with Crippen molar-refractivity contribution in [2.45, 2.75) is 65.6 Å². The van der Waals surface area contributed by atoms with Crippen LogP contribution in [-0.4, -0.2) is 35.1 Å². The lowest BCUT2D eigenvalue weighted by Gasteiger charge is -2.51. The molecule has 5 atom stereocenters.